The Labute approximate surface area is 106 Å². The third-order valence-electron chi connectivity index (χ3n) is 2.81. The van der Waals surface area contributed by atoms with E-state index in [-0.39, 0.29) is 30.7 Å². The fraction of sp³-hybridized carbons (Fsp3) is 0.286. The van der Waals surface area contributed by atoms with Crippen molar-refractivity contribution < 1.29 is 9.59 Å². The van der Waals surface area contributed by atoms with Crippen LogP contribution < -0.4 is 10.6 Å². The molecule has 0 radical (unpaired) electrons. The molecule has 2 N–H and O–H groups in total. The van der Waals surface area contributed by atoms with E-state index in [4.69, 9.17) is 5.73 Å². The van der Waals surface area contributed by atoms with Gasteiger partial charge in [-0.1, -0.05) is 24.8 Å². The minimum absolute atomic E-state index is 0.149. The maximum Gasteiger partial charge on any atom is 0.237 e. The number of imide groups is 1. The number of nitrogens with two attached hydrogens (primary N) is 1. The van der Waals surface area contributed by atoms with Gasteiger partial charge in [-0.15, -0.1) is 0 Å². The van der Waals surface area contributed by atoms with Crippen LogP contribution in [0.3, 0.4) is 0 Å². The van der Waals surface area contributed by atoms with Gasteiger partial charge in [-0.05, 0) is 18.2 Å². The van der Waals surface area contributed by atoms with Gasteiger partial charge in [-0.3, -0.25) is 14.5 Å². The van der Waals surface area contributed by atoms with Gasteiger partial charge in [0.25, 0.3) is 0 Å². The van der Waals surface area contributed by atoms with E-state index in [1.807, 2.05) is 6.07 Å². The maximum absolute atomic E-state index is 11.9. The smallest absolute Gasteiger partial charge is 0.237 e. The molecule has 1 aliphatic rings. The molecule has 0 bridgehead atoms. The van der Waals surface area contributed by atoms with Crippen molar-refractivity contribution in [1.82, 2.24) is 0 Å². The van der Waals surface area contributed by atoms with Crippen LogP contribution in [-0.4, -0.2) is 18.4 Å². The number of anilines is 1. The summed E-state index contributed by atoms with van der Waals surface area (Å²) in [4.78, 5) is 24.9. The second-order valence-electron chi connectivity index (χ2n) is 4.23. The number of hydrogen-bond acceptors (Lipinski definition) is 3. The average molecular weight is 242 g/mol. The first-order chi connectivity index (χ1) is 8.63. The molecular formula is C14H14N2O2. The Morgan fingerprint density at radius 2 is 2.22 bits per heavy atom. The molecule has 1 atom stereocenters. The highest BCUT2D eigenvalue weighted by Gasteiger charge is 2.36. The highest BCUT2D eigenvalue weighted by molar-refractivity contribution is 6.20. The van der Waals surface area contributed by atoms with E-state index in [9.17, 15) is 9.59 Å². The molecule has 4 nitrogen and oxygen atoms in total. The van der Waals surface area contributed by atoms with E-state index in [1.165, 1.54) is 4.90 Å². The molecule has 0 aliphatic carbocycles. The zero-order chi connectivity index (χ0) is 13.1. The largest absolute Gasteiger partial charge is 0.320 e. The maximum atomic E-state index is 11.9. The summed E-state index contributed by atoms with van der Waals surface area (Å²) in [5.74, 6) is 5.08. The number of carbonyl (C=O) groups excluding carboxylic acids is 2. The van der Waals surface area contributed by atoms with Crippen molar-refractivity contribution in [1.29, 1.82) is 0 Å². The third-order valence-corrected chi connectivity index (χ3v) is 2.81. The molecule has 1 saturated heterocycles. The van der Waals surface area contributed by atoms with Crippen LogP contribution in [-0.2, 0) is 9.59 Å². The molecule has 1 unspecified atom stereocenters. The van der Waals surface area contributed by atoms with Gasteiger partial charge in [-0.25, -0.2) is 0 Å². The van der Waals surface area contributed by atoms with Crippen molar-refractivity contribution in [3.05, 3.63) is 29.8 Å². The molecule has 18 heavy (non-hydrogen) atoms. The van der Waals surface area contributed by atoms with Crippen LogP contribution in [0.1, 0.15) is 18.9 Å². The highest BCUT2D eigenvalue weighted by Crippen LogP contribution is 2.26. The fourth-order valence-electron chi connectivity index (χ4n) is 1.93. The Morgan fingerprint density at radius 3 is 2.83 bits per heavy atom. The number of amides is 2. The summed E-state index contributed by atoms with van der Waals surface area (Å²) in [6, 6.07) is 7.07. The molecule has 0 saturated carbocycles. The van der Waals surface area contributed by atoms with Crippen molar-refractivity contribution >= 4 is 17.5 Å². The van der Waals surface area contributed by atoms with E-state index < -0.39 is 0 Å². The SMILES string of the molecule is CC1CC(=O)N(c2cccc(C#CCN)c2)C1=O. The van der Waals surface area contributed by atoms with Crippen LogP contribution in [0.15, 0.2) is 24.3 Å². The molecular weight excluding hydrogens is 228 g/mol. The number of rotatable bonds is 1. The minimum Gasteiger partial charge on any atom is -0.320 e. The van der Waals surface area contributed by atoms with E-state index in [0.29, 0.717) is 5.69 Å². The number of benzene rings is 1. The molecule has 1 aromatic rings. The lowest BCUT2D eigenvalue weighted by Gasteiger charge is -2.14. The van der Waals surface area contributed by atoms with E-state index >= 15 is 0 Å². The monoisotopic (exact) mass is 242 g/mol. The van der Waals surface area contributed by atoms with Crippen LogP contribution in [0.25, 0.3) is 0 Å². The van der Waals surface area contributed by atoms with Crippen LogP contribution >= 0.6 is 0 Å². The summed E-state index contributed by atoms with van der Waals surface area (Å²) < 4.78 is 0. The molecule has 1 fully saturated rings. The topological polar surface area (TPSA) is 63.4 Å². The molecule has 0 aromatic heterocycles. The zero-order valence-corrected chi connectivity index (χ0v) is 10.1. The quantitative estimate of drug-likeness (QED) is 0.587. The standard InChI is InChI=1S/C14H14N2O2/c1-10-8-13(17)16(14(10)18)12-6-2-4-11(9-12)5-3-7-15/h2,4,6,9-10H,7-8,15H2,1H3. The third kappa shape index (κ3) is 2.27. The van der Waals surface area contributed by atoms with Crippen molar-refractivity contribution in [2.24, 2.45) is 11.7 Å². The van der Waals surface area contributed by atoms with Gasteiger partial charge in [0.1, 0.15) is 0 Å². The lowest BCUT2D eigenvalue weighted by molar-refractivity contribution is -0.122. The first-order valence-corrected chi connectivity index (χ1v) is 5.79. The van der Waals surface area contributed by atoms with E-state index in [2.05, 4.69) is 11.8 Å². The van der Waals surface area contributed by atoms with Crippen LogP contribution in [0, 0.1) is 17.8 Å². The Morgan fingerprint density at radius 1 is 1.44 bits per heavy atom. The van der Waals surface area contributed by atoms with Crippen molar-refractivity contribution in [2.75, 3.05) is 11.4 Å². The summed E-state index contributed by atoms with van der Waals surface area (Å²) in [6.45, 7) is 2.04. The molecule has 2 amide bonds. The first kappa shape index (κ1) is 12.3. The molecule has 0 spiro atoms. The predicted octanol–water partition coefficient (Wildman–Crippen LogP) is 0.896. The minimum atomic E-state index is -0.240. The Hall–Kier alpha value is -2.12. The van der Waals surface area contributed by atoms with Gasteiger partial charge in [0, 0.05) is 17.9 Å². The number of hydrogen-bond donors (Lipinski definition) is 1. The Balaban J connectivity index is 2.34. The summed E-state index contributed by atoms with van der Waals surface area (Å²) in [7, 11) is 0. The second kappa shape index (κ2) is 5.03. The lowest BCUT2D eigenvalue weighted by Crippen LogP contribution is -2.29. The highest BCUT2D eigenvalue weighted by atomic mass is 16.2. The lowest BCUT2D eigenvalue weighted by atomic mass is 10.1. The van der Waals surface area contributed by atoms with Gasteiger partial charge in [-0.2, -0.15) is 0 Å². The summed E-state index contributed by atoms with van der Waals surface area (Å²) in [5.41, 5.74) is 6.64. The Kier molecular flexibility index (Phi) is 3.45. The van der Waals surface area contributed by atoms with Gasteiger partial charge in [0.05, 0.1) is 12.2 Å². The van der Waals surface area contributed by atoms with Crippen molar-refractivity contribution in [2.45, 2.75) is 13.3 Å². The molecule has 2 rings (SSSR count). The van der Waals surface area contributed by atoms with Crippen LogP contribution in [0.2, 0.25) is 0 Å². The summed E-state index contributed by atoms with van der Waals surface area (Å²) >= 11 is 0. The number of nitrogens with zero attached hydrogens (tertiary/aromatic N) is 1. The fourth-order valence-corrected chi connectivity index (χ4v) is 1.93. The normalized spacial score (nSPS) is 18.8. The van der Waals surface area contributed by atoms with Gasteiger partial charge in [0.15, 0.2) is 0 Å². The van der Waals surface area contributed by atoms with Crippen molar-refractivity contribution in [3.8, 4) is 11.8 Å². The van der Waals surface area contributed by atoms with Gasteiger partial charge < -0.3 is 5.73 Å². The zero-order valence-electron chi connectivity index (χ0n) is 10.1. The molecule has 1 aromatic carbocycles. The van der Waals surface area contributed by atoms with Gasteiger partial charge in [0.2, 0.25) is 11.8 Å². The molecule has 4 heteroatoms. The van der Waals surface area contributed by atoms with Crippen LogP contribution in [0.4, 0.5) is 5.69 Å². The second-order valence-corrected chi connectivity index (χ2v) is 4.23. The number of carbonyl (C=O) groups is 2. The molecule has 1 aliphatic heterocycles. The molecule has 1 heterocycles. The van der Waals surface area contributed by atoms with Crippen molar-refractivity contribution in [3.63, 3.8) is 0 Å². The summed E-state index contributed by atoms with van der Waals surface area (Å²) in [6.07, 6.45) is 0.275. The average Bonchev–Trinajstić information content (AvgIpc) is 2.61. The first-order valence-electron chi connectivity index (χ1n) is 5.79. The molecule has 92 valence electrons. The van der Waals surface area contributed by atoms with E-state index in [0.717, 1.165) is 5.56 Å². The van der Waals surface area contributed by atoms with Gasteiger partial charge >= 0.3 is 0 Å². The predicted molar refractivity (Wildman–Crippen MR) is 68.6 cm³/mol. The summed E-state index contributed by atoms with van der Waals surface area (Å²) in [5, 5.41) is 0. The van der Waals surface area contributed by atoms with Crippen LogP contribution in [0.5, 0.6) is 0 Å². The van der Waals surface area contributed by atoms with E-state index in [1.54, 1.807) is 25.1 Å². The Bertz CT molecular complexity index is 554.